The molecule has 0 radical (unpaired) electrons. The van der Waals surface area contributed by atoms with Crippen LogP contribution >= 0.6 is 11.9 Å². The first-order chi connectivity index (χ1) is 7.02. The molecular weight excluding hydrogens is 220 g/mol. The van der Waals surface area contributed by atoms with Crippen molar-refractivity contribution in [2.45, 2.75) is 12.5 Å². The summed E-state index contributed by atoms with van der Waals surface area (Å²) in [7, 11) is 0. The quantitative estimate of drug-likeness (QED) is 0.631. The molecule has 0 aliphatic rings. The van der Waals surface area contributed by atoms with E-state index in [1.807, 2.05) is 0 Å². The van der Waals surface area contributed by atoms with Crippen molar-refractivity contribution in [1.29, 1.82) is 0 Å². The van der Waals surface area contributed by atoms with Crippen molar-refractivity contribution >= 4 is 23.6 Å². The van der Waals surface area contributed by atoms with Gasteiger partial charge < -0.3 is 5.11 Å². The van der Waals surface area contributed by atoms with Crippen molar-refractivity contribution in [3.8, 4) is 0 Å². The Morgan fingerprint density at radius 1 is 1.33 bits per heavy atom. The van der Waals surface area contributed by atoms with Gasteiger partial charge in [0.1, 0.15) is 0 Å². The molecule has 15 heavy (non-hydrogen) atoms. The van der Waals surface area contributed by atoms with Gasteiger partial charge in [-0.15, -0.1) is 0 Å². The smallest absolute Gasteiger partial charge is 0.345 e. The average Bonchev–Trinajstić information content (AvgIpc) is 2.28. The summed E-state index contributed by atoms with van der Waals surface area (Å²) in [4.78, 5) is 22.6. The first-order valence-electron chi connectivity index (χ1n) is 4.15. The lowest BCUT2D eigenvalue weighted by atomic mass is 9.95. The molecule has 0 saturated carbocycles. The van der Waals surface area contributed by atoms with Crippen LogP contribution in [0.3, 0.4) is 0 Å². The first kappa shape index (κ1) is 11.7. The highest BCUT2D eigenvalue weighted by molar-refractivity contribution is 6.19. The third-order valence-electron chi connectivity index (χ3n) is 2.03. The fourth-order valence-electron chi connectivity index (χ4n) is 1.03. The first-order valence-corrected chi connectivity index (χ1v) is 4.46. The number of benzene rings is 1. The normalized spacial score (nSPS) is 14.3. The molecule has 0 spiro atoms. The SMILES string of the molecule is CC(OCl)(C(=O)O)C(=O)c1ccccc1. The van der Waals surface area contributed by atoms with E-state index in [4.69, 9.17) is 17.0 Å². The highest BCUT2D eigenvalue weighted by atomic mass is 35.5. The molecule has 0 aromatic heterocycles. The van der Waals surface area contributed by atoms with Crippen molar-refractivity contribution < 1.29 is 19.0 Å². The second-order valence-electron chi connectivity index (χ2n) is 3.11. The second-order valence-corrected chi connectivity index (χ2v) is 3.27. The minimum Gasteiger partial charge on any atom is -0.479 e. The summed E-state index contributed by atoms with van der Waals surface area (Å²) >= 11 is 5.05. The van der Waals surface area contributed by atoms with Crippen LogP contribution in [-0.2, 0) is 9.08 Å². The predicted octanol–water partition coefficient (Wildman–Crippen LogP) is 1.88. The number of aliphatic carboxylic acids is 1. The Morgan fingerprint density at radius 2 is 1.87 bits per heavy atom. The third-order valence-corrected chi connectivity index (χ3v) is 2.34. The van der Waals surface area contributed by atoms with Crippen molar-refractivity contribution in [1.82, 2.24) is 0 Å². The van der Waals surface area contributed by atoms with E-state index in [0.717, 1.165) is 6.92 Å². The van der Waals surface area contributed by atoms with Gasteiger partial charge in [0.25, 0.3) is 0 Å². The van der Waals surface area contributed by atoms with Crippen molar-refractivity contribution in [2.75, 3.05) is 0 Å². The van der Waals surface area contributed by atoms with E-state index in [2.05, 4.69) is 4.29 Å². The largest absolute Gasteiger partial charge is 0.479 e. The second kappa shape index (κ2) is 4.42. The van der Waals surface area contributed by atoms with Crippen LogP contribution in [0.4, 0.5) is 0 Å². The van der Waals surface area contributed by atoms with Crippen molar-refractivity contribution in [2.24, 2.45) is 0 Å². The number of hydrogen-bond donors (Lipinski definition) is 1. The maximum atomic E-state index is 11.7. The third kappa shape index (κ3) is 2.16. The van der Waals surface area contributed by atoms with Gasteiger partial charge in [-0.3, -0.25) is 9.08 Å². The maximum Gasteiger partial charge on any atom is 0.345 e. The Labute approximate surface area is 91.6 Å². The molecule has 80 valence electrons. The molecule has 0 saturated heterocycles. The number of carboxylic acid groups (broad SMARTS) is 1. The number of Topliss-reactive ketones (excluding diaryl/α,β-unsaturated/α-hetero) is 1. The van der Waals surface area contributed by atoms with Crippen LogP contribution in [0.25, 0.3) is 0 Å². The number of carbonyl (C=O) groups excluding carboxylic acids is 1. The van der Waals surface area contributed by atoms with E-state index in [1.165, 1.54) is 12.1 Å². The van der Waals surface area contributed by atoms with Crippen LogP contribution < -0.4 is 0 Å². The van der Waals surface area contributed by atoms with Gasteiger partial charge in [0, 0.05) is 5.56 Å². The molecule has 5 heteroatoms. The molecular formula is C10H9ClO4. The molecule has 1 aromatic carbocycles. The molecule has 0 bridgehead atoms. The minimum atomic E-state index is -2.05. The van der Waals surface area contributed by atoms with Crippen LogP contribution in [0.1, 0.15) is 17.3 Å². The highest BCUT2D eigenvalue weighted by Crippen LogP contribution is 2.19. The van der Waals surface area contributed by atoms with Crippen LogP contribution in [0, 0.1) is 0 Å². The van der Waals surface area contributed by atoms with Gasteiger partial charge in [-0.25, -0.2) is 4.79 Å². The molecule has 0 heterocycles. The van der Waals surface area contributed by atoms with E-state index in [-0.39, 0.29) is 5.56 Å². The van der Waals surface area contributed by atoms with Crippen LogP contribution in [0.15, 0.2) is 30.3 Å². The van der Waals surface area contributed by atoms with Gasteiger partial charge in [0.15, 0.2) is 0 Å². The Balaban J connectivity index is 3.08. The number of hydrogen-bond acceptors (Lipinski definition) is 3. The Hall–Kier alpha value is -1.39. The Morgan fingerprint density at radius 3 is 2.27 bits per heavy atom. The molecule has 1 aromatic rings. The van der Waals surface area contributed by atoms with Crippen molar-refractivity contribution in [3.05, 3.63) is 35.9 Å². The van der Waals surface area contributed by atoms with Gasteiger partial charge in [-0.1, -0.05) is 30.3 Å². The lowest BCUT2D eigenvalue weighted by Crippen LogP contribution is -2.44. The van der Waals surface area contributed by atoms with E-state index in [0.29, 0.717) is 0 Å². The van der Waals surface area contributed by atoms with Gasteiger partial charge in [0.05, 0.1) is 11.9 Å². The highest BCUT2D eigenvalue weighted by Gasteiger charge is 2.43. The molecule has 0 fully saturated rings. The summed E-state index contributed by atoms with van der Waals surface area (Å²) in [5, 5.41) is 8.83. The number of rotatable bonds is 4. The van der Waals surface area contributed by atoms with Crippen LogP contribution in [-0.4, -0.2) is 22.5 Å². The molecule has 0 aliphatic heterocycles. The van der Waals surface area contributed by atoms with E-state index < -0.39 is 17.4 Å². The maximum absolute atomic E-state index is 11.7. The summed E-state index contributed by atoms with van der Waals surface area (Å²) in [5.74, 6) is -2.11. The Kier molecular flexibility index (Phi) is 3.44. The Bertz CT molecular complexity index is 376. The monoisotopic (exact) mass is 228 g/mol. The number of carboxylic acids is 1. The number of carbonyl (C=O) groups is 2. The fraction of sp³-hybridized carbons (Fsp3) is 0.200. The molecule has 0 aliphatic carbocycles. The van der Waals surface area contributed by atoms with Gasteiger partial charge >= 0.3 is 5.97 Å². The summed E-state index contributed by atoms with van der Waals surface area (Å²) in [5.41, 5.74) is -1.81. The zero-order valence-electron chi connectivity index (χ0n) is 7.94. The fourth-order valence-corrected chi connectivity index (χ4v) is 1.17. The number of halogens is 1. The summed E-state index contributed by atoms with van der Waals surface area (Å²) in [6.45, 7) is 1.11. The van der Waals surface area contributed by atoms with Gasteiger partial charge in [-0.2, -0.15) is 0 Å². The lowest BCUT2D eigenvalue weighted by molar-refractivity contribution is -0.149. The lowest BCUT2D eigenvalue weighted by Gasteiger charge is -2.18. The van der Waals surface area contributed by atoms with E-state index in [9.17, 15) is 9.59 Å². The molecule has 1 rings (SSSR count). The molecule has 1 unspecified atom stereocenters. The minimum absolute atomic E-state index is 0.239. The molecule has 0 amide bonds. The van der Waals surface area contributed by atoms with Crippen LogP contribution in [0.5, 0.6) is 0 Å². The van der Waals surface area contributed by atoms with Gasteiger partial charge in [0.2, 0.25) is 11.4 Å². The average molecular weight is 229 g/mol. The summed E-state index contributed by atoms with van der Waals surface area (Å²) in [6, 6.07) is 7.97. The number of ketones is 1. The topological polar surface area (TPSA) is 63.6 Å². The predicted molar refractivity (Wildman–Crippen MR) is 53.8 cm³/mol. The van der Waals surface area contributed by atoms with Crippen molar-refractivity contribution in [3.63, 3.8) is 0 Å². The molecule has 4 nitrogen and oxygen atoms in total. The van der Waals surface area contributed by atoms with E-state index >= 15 is 0 Å². The van der Waals surface area contributed by atoms with Crippen LogP contribution in [0.2, 0.25) is 0 Å². The van der Waals surface area contributed by atoms with Gasteiger partial charge in [-0.05, 0) is 6.92 Å². The molecule has 1 atom stereocenters. The summed E-state index contributed by atoms with van der Waals surface area (Å²) in [6.07, 6.45) is 0. The van der Waals surface area contributed by atoms with E-state index in [1.54, 1.807) is 18.2 Å². The zero-order valence-corrected chi connectivity index (χ0v) is 8.69. The summed E-state index contributed by atoms with van der Waals surface area (Å²) < 4.78 is 4.24. The standard InChI is InChI=1S/C10H9ClO4/c1-10(15-11,9(13)14)8(12)7-5-3-2-4-6-7/h2-6H,1H3,(H,13,14). The molecule has 1 N–H and O–H groups in total. The zero-order chi connectivity index (χ0) is 11.5.